The van der Waals surface area contributed by atoms with Crippen molar-refractivity contribution in [3.8, 4) is 5.75 Å². The molecule has 3 rings (SSSR count). The predicted molar refractivity (Wildman–Crippen MR) is 79.4 cm³/mol. The molecule has 1 saturated carbocycles. The number of carbonyl (C=O) groups is 1. The van der Waals surface area contributed by atoms with E-state index in [1.165, 1.54) is 44.1 Å². The molecule has 2 aromatic rings. The highest BCUT2D eigenvalue weighted by Crippen LogP contribution is 2.37. The van der Waals surface area contributed by atoms with Crippen LogP contribution in [0.15, 0.2) is 42.5 Å². The van der Waals surface area contributed by atoms with Crippen LogP contribution in [0.25, 0.3) is 0 Å². The molecule has 0 radical (unpaired) electrons. The van der Waals surface area contributed by atoms with Crippen LogP contribution in [0.5, 0.6) is 5.75 Å². The van der Waals surface area contributed by atoms with Gasteiger partial charge in [-0.1, -0.05) is 30.7 Å². The molecule has 0 aromatic heterocycles. The minimum absolute atomic E-state index is 0.00533. The van der Waals surface area contributed by atoms with Gasteiger partial charge >= 0.3 is 0 Å². The van der Waals surface area contributed by atoms with Crippen molar-refractivity contribution in [2.45, 2.75) is 25.2 Å². The molecule has 2 nitrogen and oxygen atoms in total. The Bertz CT molecular complexity index is 675. The van der Waals surface area contributed by atoms with Gasteiger partial charge in [-0.3, -0.25) is 4.79 Å². The van der Waals surface area contributed by atoms with E-state index in [0.717, 1.165) is 0 Å². The van der Waals surface area contributed by atoms with E-state index in [2.05, 4.69) is 0 Å². The van der Waals surface area contributed by atoms with Crippen molar-refractivity contribution in [1.82, 2.24) is 0 Å². The van der Waals surface area contributed by atoms with Crippen LogP contribution in [0.3, 0.4) is 0 Å². The van der Waals surface area contributed by atoms with Gasteiger partial charge in [-0.15, -0.1) is 0 Å². The summed E-state index contributed by atoms with van der Waals surface area (Å²) in [5.41, 5.74) is 1.69. The van der Waals surface area contributed by atoms with Gasteiger partial charge in [0.25, 0.3) is 0 Å². The number of benzene rings is 2. The van der Waals surface area contributed by atoms with Crippen molar-refractivity contribution in [3.05, 3.63) is 65.0 Å². The minimum Gasteiger partial charge on any atom is -0.496 e. The Kier molecular flexibility index (Phi) is 3.74. The standard InChI is InChI=1S/C18H17FO2/c1-21-16-10-4-9-15(19)17(16)18(20)14-8-3-7-13(11-14)12-5-2-6-12/h3-4,7-12H,2,5-6H2,1H3. The molecule has 0 spiro atoms. The van der Waals surface area contributed by atoms with E-state index < -0.39 is 5.82 Å². The topological polar surface area (TPSA) is 26.3 Å². The molecule has 0 amide bonds. The van der Waals surface area contributed by atoms with Crippen LogP contribution in [0.2, 0.25) is 0 Å². The normalized spacial score (nSPS) is 14.6. The summed E-state index contributed by atoms with van der Waals surface area (Å²) in [6.07, 6.45) is 3.57. The van der Waals surface area contributed by atoms with E-state index in [9.17, 15) is 9.18 Å². The summed E-state index contributed by atoms with van der Waals surface area (Å²) in [6.45, 7) is 0. The maximum absolute atomic E-state index is 14.0. The first-order valence-electron chi connectivity index (χ1n) is 7.18. The van der Waals surface area contributed by atoms with Crippen LogP contribution in [-0.2, 0) is 0 Å². The molecule has 0 unspecified atom stereocenters. The van der Waals surface area contributed by atoms with Crippen molar-refractivity contribution in [1.29, 1.82) is 0 Å². The number of ketones is 1. The molecule has 0 saturated heterocycles. The first kappa shape index (κ1) is 13.8. The minimum atomic E-state index is -0.548. The van der Waals surface area contributed by atoms with Crippen LogP contribution in [0, 0.1) is 5.82 Å². The Labute approximate surface area is 123 Å². The van der Waals surface area contributed by atoms with E-state index in [1.807, 2.05) is 18.2 Å². The van der Waals surface area contributed by atoms with E-state index in [4.69, 9.17) is 4.74 Å². The number of carbonyl (C=O) groups excluding carboxylic acids is 1. The van der Waals surface area contributed by atoms with E-state index in [0.29, 0.717) is 11.5 Å². The SMILES string of the molecule is COc1cccc(F)c1C(=O)c1cccc(C2CCC2)c1. The first-order chi connectivity index (χ1) is 10.2. The largest absolute Gasteiger partial charge is 0.496 e. The quantitative estimate of drug-likeness (QED) is 0.781. The molecule has 108 valence electrons. The lowest BCUT2D eigenvalue weighted by atomic mass is 9.79. The van der Waals surface area contributed by atoms with Gasteiger partial charge in [-0.25, -0.2) is 4.39 Å². The van der Waals surface area contributed by atoms with Crippen molar-refractivity contribution in [2.24, 2.45) is 0 Å². The molecule has 3 heteroatoms. The molecule has 1 aliphatic carbocycles. The van der Waals surface area contributed by atoms with Gasteiger partial charge in [-0.05, 0) is 42.5 Å². The zero-order chi connectivity index (χ0) is 14.8. The third-order valence-corrected chi connectivity index (χ3v) is 4.15. The molecular weight excluding hydrogens is 267 g/mol. The van der Waals surface area contributed by atoms with Crippen LogP contribution in [0.4, 0.5) is 4.39 Å². The number of hydrogen-bond donors (Lipinski definition) is 0. The number of methoxy groups -OCH3 is 1. The Morgan fingerprint density at radius 1 is 1.19 bits per heavy atom. The molecule has 0 atom stereocenters. The number of ether oxygens (including phenoxy) is 1. The number of rotatable bonds is 4. The Hall–Kier alpha value is -2.16. The first-order valence-corrected chi connectivity index (χ1v) is 7.18. The van der Waals surface area contributed by atoms with Gasteiger partial charge < -0.3 is 4.74 Å². The lowest BCUT2D eigenvalue weighted by molar-refractivity contribution is 0.103. The van der Waals surface area contributed by atoms with Crippen LogP contribution >= 0.6 is 0 Å². The van der Waals surface area contributed by atoms with E-state index >= 15 is 0 Å². The van der Waals surface area contributed by atoms with Gasteiger partial charge in [0, 0.05) is 5.56 Å². The zero-order valence-electron chi connectivity index (χ0n) is 11.9. The summed E-state index contributed by atoms with van der Waals surface area (Å²) in [4.78, 5) is 12.6. The molecule has 21 heavy (non-hydrogen) atoms. The van der Waals surface area contributed by atoms with Crippen molar-refractivity contribution in [2.75, 3.05) is 7.11 Å². The lowest BCUT2D eigenvalue weighted by Crippen LogP contribution is -2.11. The number of hydrogen-bond acceptors (Lipinski definition) is 2. The average molecular weight is 284 g/mol. The molecular formula is C18H17FO2. The fraction of sp³-hybridized carbons (Fsp3) is 0.278. The smallest absolute Gasteiger partial charge is 0.199 e. The highest BCUT2D eigenvalue weighted by atomic mass is 19.1. The van der Waals surface area contributed by atoms with Crippen molar-refractivity contribution in [3.63, 3.8) is 0 Å². The molecule has 0 bridgehead atoms. The highest BCUT2D eigenvalue weighted by Gasteiger charge is 2.23. The third kappa shape index (κ3) is 2.56. The monoisotopic (exact) mass is 284 g/mol. The van der Waals surface area contributed by atoms with Gasteiger partial charge in [0.1, 0.15) is 17.1 Å². The molecule has 0 aliphatic heterocycles. The fourth-order valence-corrected chi connectivity index (χ4v) is 2.71. The van der Waals surface area contributed by atoms with Crippen LogP contribution in [-0.4, -0.2) is 12.9 Å². The van der Waals surface area contributed by atoms with Gasteiger partial charge in [0.15, 0.2) is 5.78 Å². The van der Waals surface area contributed by atoms with E-state index in [1.54, 1.807) is 12.1 Å². The maximum atomic E-state index is 14.0. The summed E-state index contributed by atoms with van der Waals surface area (Å²) in [7, 11) is 1.44. The number of halogens is 1. The second-order valence-electron chi connectivity index (χ2n) is 5.40. The summed E-state index contributed by atoms with van der Waals surface area (Å²) in [6, 6.07) is 12.0. The second kappa shape index (κ2) is 5.68. The average Bonchev–Trinajstić information content (AvgIpc) is 2.45. The maximum Gasteiger partial charge on any atom is 0.199 e. The zero-order valence-corrected chi connectivity index (χ0v) is 11.9. The van der Waals surface area contributed by atoms with Crippen molar-refractivity contribution < 1.29 is 13.9 Å². The van der Waals surface area contributed by atoms with Gasteiger partial charge in [0.05, 0.1) is 7.11 Å². The summed E-state index contributed by atoms with van der Waals surface area (Å²) in [5, 5.41) is 0. The summed E-state index contributed by atoms with van der Waals surface area (Å²) >= 11 is 0. The molecule has 0 heterocycles. The molecule has 1 aliphatic rings. The van der Waals surface area contributed by atoms with Crippen molar-refractivity contribution >= 4 is 5.78 Å². The summed E-state index contributed by atoms with van der Waals surface area (Å²) in [5.74, 6) is -0.0613. The third-order valence-electron chi connectivity index (χ3n) is 4.15. The molecule has 2 aromatic carbocycles. The molecule has 1 fully saturated rings. The Balaban J connectivity index is 1.99. The lowest BCUT2D eigenvalue weighted by Gasteiger charge is -2.26. The van der Waals surface area contributed by atoms with Gasteiger partial charge in [0.2, 0.25) is 0 Å². The molecule has 0 N–H and O–H groups in total. The van der Waals surface area contributed by atoms with Gasteiger partial charge in [-0.2, -0.15) is 0 Å². The van der Waals surface area contributed by atoms with Crippen LogP contribution < -0.4 is 4.74 Å². The fourth-order valence-electron chi connectivity index (χ4n) is 2.71. The van der Waals surface area contributed by atoms with E-state index in [-0.39, 0.29) is 17.1 Å². The Morgan fingerprint density at radius 2 is 1.95 bits per heavy atom. The van der Waals surface area contributed by atoms with Crippen LogP contribution in [0.1, 0.15) is 46.7 Å². The predicted octanol–water partition coefficient (Wildman–Crippen LogP) is 4.33. The summed E-state index contributed by atoms with van der Waals surface area (Å²) < 4.78 is 19.1. The second-order valence-corrected chi connectivity index (χ2v) is 5.40. The Morgan fingerprint density at radius 3 is 2.62 bits per heavy atom. The highest BCUT2D eigenvalue weighted by molar-refractivity contribution is 6.11.